The maximum atomic E-state index is 12.6. The van der Waals surface area contributed by atoms with Gasteiger partial charge in [0.2, 0.25) is 0 Å². The average Bonchev–Trinajstić information content (AvgIpc) is 2.73. The topological polar surface area (TPSA) is 94.6 Å². The van der Waals surface area contributed by atoms with Gasteiger partial charge < -0.3 is 24.8 Å². The van der Waals surface area contributed by atoms with E-state index in [2.05, 4.69) is 20.6 Å². The van der Waals surface area contributed by atoms with Crippen molar-refractivity contribution in [2.45, 2.75) is 6.92 Å². The summed E-state index contributed by atoms with van der Waals surface area (Å²) in [4.78, 5) is 21.2. The van der Waals surface area contributed by atoms with Gasteiger partial charge in [-0.05, 0) is 43.3 Å². The van der Waals surface area contributed by atoms with Gasteiger partial charge in [0.25, 0.3) is 5.91 Å². The SMILES string of the molecule is COc1ccc(NC(=O)c2cc(Nc3cc(OC)ccc3OC)nc(C)n2)cc1. The number of rotatable bonds is 7. The number of hydrogen-bond acceptors (Lipinski definition) is 7. The Morgan fingerprint density at radius 2 is 1.55 bits per heavy atom. The van der Waals surface area contributed by atoms with E-state index in [0.29, 0.717) is 40.3 Å². The third-order valence-electron chi connectivity index (χ3n) is 4.09. The number of methoxy groups -OCH3 is 3. The summed E-state index contributed by atoms with van der Waals surface area (Å²) < 4.78 is 15.8. The number of nitrogens with one attached hydrogen (secondary N) is 2. The lowest BCUT2D eigenvalue weighted by molar-refractivity contribution is 0.102. The first-order valence-corrected chi connectivity index (χ1v) is 8.82. The molecule has 0 saturated carbocycles. The molecule has 0 fully saturated rings. The number of anilines is 3. The molecule has 3 aromatic rings. The summed E-state index contributed by atoms with van der Waals surface area (Å²) in [6.07, 6.45) is 0. The molecule has 1 aromatic heterocycles. The molecule has 8 heteroatoms. The second-order valence-electron chi connectivity index (χ2n) is 6.06. The standard InChI is InChI=1S/C21H22N4O4/c1-13-22-18(21(26)24-14-5-7-15(27-2)8-6-14)12-20(23-13)25-17-11-16(28-3)9-10-19(17)29-4/h5-12H,1-4H3,(H,24,26)(H,22,23,25). The molecule has 0 radical (unpaired) electrons. The lowest BCUT2D eigenvalue weighted by Crippen LogP contribution is -2.15. The van der Waals surface area contributed by atoms with E-state index < -0.39 is 0 Å². The van der Waals surface area contributed by atoms with Crippen molar-refractivity contribution in [3.63, 3.8) is 0 Å². The quantitative estimate of drug-likeness (QED) is 0.629. The summed E-state index contributed by atoms with van der Waals surface area (Å²) in [5.74, 6) is 2.56. The first-order chi connectivity index (χ1) is 14.0. The van der Waals surface area contributed by atoms with Crippen molar-refractivity contribution in [2.75, 3.05) is 32.0 Å². The minimum atomic E-state index is -0.346. The zero-order valence-corrected chi connectivity index (χ0v) is 16.6. The van der Waals surface area contributed by atoms with Crippen LogP contribution in [0.1, 0.15) is 16.3 Å². The third-order valence-corrected chi connectivity index (χ3v) is 4.09. The Morgan fingerprint density at radius 1 is 0.862 bits per heavy atom. The van der Waals surface area contributed by atoms with E-state index in [0.717, 1.165) is 0 Å². The largest absolute Gasteiger partial charge is 0.497 e. The normalized spacial score (nSPS) is 10.2. The summed E-state index contributed by atoms with van der Waals surface area (Å²) in [7, 11) is 4.75. The van der Waals surface area contributed by atoms with Crippen LogP contribution >= 0.6 is 0 Å². The molecule has 0 spiro atoms. The molecule has 0 atom stereocenters. The van der Waals surface area contributed by atoms with E-state index in [9.17, 15) is 4.79 Å². The van der Waals surface area contributed by atoms with Crippen molar-refractivity contribution < 1.29 is 19.0 Å². The van der Waals surface area contributed by atoms with Crippen LogP contribution in [0.4, 0.5) is 17.2 Å². The molecule has 0 unspecified atom stereocenters. The number of aryl methyl sites for hydroxylation is 1. The van der Waals surface area contributed by atoms with Gasteiger partial charge in [-0.15, -0.1) is 0 Å². The van der Waals surface area contributed by atoms with Crippen molar-refractivity contribution in [3.05, 3.63) is 60.0 Å². The van der Waals surface area contributed by atoms with Crippen molar-refractivity contribution >= 4 is 23.1 Å². The lowest BCUT2D eigenvalue weighted by Gasteiger charge is -2.13. The van der Waals surface area contributed by atoms with Crippen LogP contribution in [0.3, 0.4) is 0 Å². The lowest BCUT2D eigenvalue weighted by atomic mass is 10.2. The molecular formula is C21H22N4O4. The van der Waals surface area contributed by atoms with Gasteiger partial charge in [-0.1, -0.05) is 0 Å². The fraction of sp³-hybridized carbons (Fsp3) is 0.190. The first-order valence-electron chi connectivity index (χ1n) is 8.82. The highest BCUT2D eigenvalue weighted by Crippen LogP contribution is 2.31. The number of ether oxygens (including phenoxy) is 3. The second-order valence-corrected chi connectivity index (χ2v) is 6.06. The van der Waals surface area contributed by atoms with Gasteiger partial charge in [-0.3, -0.25) is 4.79 Å². The van der Waals surface area contributed by atoms with Crippen molar-refractivity contribution in [1.29, 1.82) is 0 Å². The summed E-state index contributed by atoms with van der Waals surface area (Å²) in [5.41, 5.74) is 1.53. The monoisotopic (exact) mass is 394 g/mol. The zero-order chi connectivity index (χ0) is 20.8. The van der Waals surface area contributed by atoms with Crippen LogP contribution in [0.25, 0.3) is 0 Å². The minimum absolute atomic E-state index is 0.234. The van der Waals surface area contributed by atoms with Crippen LogP contribution in [0.15, 0.2) is 48.5 Å². The number of nitrogens with zero attached hydrogens (tertiary/aromatic N) is 2. The van der Waals surface area contributed by atoms with E-state index in [-0.39, 0.29) is 11.6 Å². The Bertz CT molecular complexity index is 1010. The number of amides is 1. The summed E-state index contributed by atoms with van der Waals surface area (Å²) in [6, 6.07) is 14.0. The Kier molecular flexibility index (Phi) is 6.13. The molecule has 8 nitrogen and oxygen atoms in total. The van der Waals surface area contributed by atoms with Crippen LogP contribution in [0, 0.1) is 6.92 Å². The first kappa shape index (κ1) is 19.9. The minimum Gasteiger partial charge on any atom is -0.497 e. The van der Waals surface area contributed by atoms with Gasteiger partial charge in [-0.2, -0.15) is 0 Å². The maximum Gasteiger partial charge on any atom is 0.274 e. The van der Waals surface area contributed by atoms with Crippen molar-refractivity contribution in [3.8, 4) is 17.2 Å². The Hall–Kier alpha value is -3.81. The maximum absolute atomic E-state index is 12.6. The molecule has 1 heterocycles. The summed E-state index contributed by atoms with van der Waals surface area (Å²) in [6.45, 7) is 1.72. The molecule has 2 N–H and O–H groups in total. The zero-order valence-electron chi connectivity index (χ0n) is 16.6. The third kappa shape index (κ3) is 4.92. The molecule has 0 saturated heterocycles. The van der Waals surface area contributed by atoms with Gasteiger partial charge in [0.05, 0.1) is 27.0 Å². The van der Waals surface area contributed by atoms with Gasteiger partial charge in [-0.25, -0.2) is 9.97 Å². The van der Waals surface area contributed by atoms with E-state index in [1.165, 1.54) is 0 Å². The highest BCUT2D eigenvalue weighted by molar-refractivity contribution is 6.03. The summed E-state index contributed by atoms with van der Waals surface area (Å²) in [5, 5.41) is 5.97. The number of carbonyl (C=O) groups excluding carboxylic acids is 1. The van der Waals surface area contributed by atoms with E-state index >= 15 is 0 Å². The van der Waals surface area contributed by atoms with E-state index in [4.69, 9.17) is 14.2 Å². The fourth-order valence-corrected chi connectivity index (χ4v) is 2.67. The molecule has 1 amide bonds. The van der Waals surface area contributed by atoms with Gasteiger partial charge in [0, 0.05) is 17.8 Å². The molecular weight excluding hydrogens is 372 g/mol. The Labute approximate surface area is 168 Å². The molecule has 3 rings (SSSR count). The highest BCUT2D eigenvalue weighted by Gasteiger charge is 2.13. The Balaban J connectivity index is 1.83. The van der Waals surface area contributed by atoms with E-state index in [1.807, 2.05) is 0 Å². The van der Waals surface area contributed by atoms with Crippen LogP contribution in [0.5, 0.6) is 17.2 Å². The highest BCUT2D eigenvalue weighted by atomic mass is 16.5. The molecule has 29 heavy (non-hydrogen) atoms. The van der Waals surface area contributed by atoms with Crippen molar-refractivity contribution in [1.82, 2.24) is 9.97 Å². The predicted octanol–water partition coefficient (Wildman–Crippen LogP) is 3.81. The van der Waals surface area contributed by atoms with Crippen LogP contribution in [-0.4, -0.2) is 37.2 Å². The van der Waals surface area contributed by atoms with Gasteiger partial charge in [0.1, 0.15) is 34.6 Å². The van der Waals surface area contributed by atoms with Crippen molar-refractivity contribution in [2.24, 2.45) is 0 Å². The van der Waals surface area contributed by atoms with E-state index in [1.54, 1.807) is 76.8 Å². The molecule has 0 aliphatic rings. The van der Waals surface area contributed by atoms with Crippen LogP contribution < -0.4 is 24.8 Å². The number of benzene rings is 2. The average molecular weight is 394 g/mol. The molecule has 0 bridgehead atoms. The Morgan fingerprint density at radius 3 is 2.21 bits per heavy atom. The number of hydrogen-bond donors (Lipinski definition) is 2. The van der Waals surface area contributed by atoms with Crippen LogP contribution in [0.2, 0.25) is 0 Å². The smallest absolute Gasteiger partial charge is 0.274 e. The van der Waals surface area contributed by atoms with Crippen LogP contribution in [-0.2, 0) is 0 Å². The van der Waals surface area contributed by atoms with Gasteiger partial charge in [0.15, 0.2) is 0 Å². The number of aromatic nitrogens is 2. The summed E-state index contributed by atoms with van der Waals surface area (Å²) >= 11 is 0. The fourth-order valence-electron chi connectivity index (χ4n) is 2.67. The molecule has 2 aromatic carbocycles. The number of carbonyl (C=O) groups is 1. The molecule has 0 aliphatic carbocycles. The predicted molar refractivity (Wildman–Crippen MR) is 111 cm³/mol. The molecule has 150 valence electrons. The molecule has 0 aliphatic heterocycles. The second kappa shape index (κ2) is 8.92. The van der Waals surface area contributed by atoms with Gasteiger partial charge >= 0.3 is 0 Å².